The summed E-state index contributed by atoms with van der Waals surface area (Å²) in [4.78, 5) is 4.89. The minimum atomic E-state index is -2.04. The summed E-state index contributed by atoms with van der Waals surface area (Å²) in [5.74, 6) is 0. The molecule has 0 aliphatic carbocycles. The van der Waals surface area contributed by atoms with Crippen LogP contribution in [-0.4, -0.2) is 4.98 Å². The molecule has 0 spiro atoms. The summed E-state index contributed by atoms with van der Waals surface area (Å²) < 4.78 is 0. The van der Waals surface area contributed by atoms with Gasteiger partial charge in [-0.1, -0.05) is 54.6 Å². The minimum Gasteiger partial charge on any atom is -0.221 e. The van der Waals surface area contributed by atoms with Crippen LogP contribution in [0.5, 0.6) is 0 Å². The molecular formula is C24H21NP+. The average molecular weight is 354 g/mol. The Balaban J connectivity index is 2.14. The van der Waals surface area contributed by atoms with Gasteiger partial charge in [0.2, 0.25) is 0 Å². The van der Waals surface area contributed by atoms with Crippen LogP contribution >= 0.6 is 7.26 Å². The van der Waals surface area contributed by atoms with Gasteiger partial charge in [-0.05, 0) is 55.0 Å². The highest BCUT2D eigenvalue weighted by Crippen LogP contribution is 2.53. The third-order valence-corrected chi connectivity index (χ3v) is 8.83. The molecule has 2 heteroatoms. The minimum absolute atomic E-state index is 1.15. The Kier molecular flexibility index (Phi) is 4.65. The number of nitrogens with zero attached hydrogens (tertiary/aromatic N) is 1. The fourth-order valence-corrected chi connectivity index (χ4v) is 7.69. The molecule has 26 heavy (non-hydrogen) atoms. The fraction of sp³-hybridized carbons (Fsp3) is 0.0417. The molecule has 0 N–H and O–H groups in total. The summed E-state index contributed by atoms with van der Waals surface area (Å²) in [5, 5.41) is 3.99. The molecule has 0 fully saturated rings. The predicted octanol–water partition coefficient (Wildman–Crippen LogP) is 4.01. The van der Waals surface area contributed by atoms with Gasteiger partial charge in [0.25, 0.3) is 0 Å². The molecule has 0 unspecified atom stereocenters. The zero-order valence-electron chi connectivity index (χ0n) is 14.8. The molecular weight excluding hydrogens is 333 g/mol. The number of benzene rings is 3. The Morgan fingerprint density at radius 2 is 1.00 bits per heavy atom. The van der Waals surface area contributed by atoms with Crippen LogP contribution < -0.4 is 21.3 Å². The highest BCUT2D eigenvalue weighted by Gasteiger charge is 2.49. The van der Waals surface area contributed by atoms with Crippen molar-refractivity contribution in [1.29, 1.82) is 0 Å². The lowest BCUT2D eigenvalue weighted by Gasteiger charge is -2.26. The Morgan fingerprint density at radius 1 is 0.577 bits per heavy atom. The zero-order chi connectivity index (χ0) is 17.8. The molecule has 0 atom stereocenters. The van der Waals surface area contributed by atoms with Crippen molar-refractivity contribution in [2.45, 2.75) is 6.92 Å². The Bertz CT molecular complexity index is 885. The third kappa shape index (κ3) is 2.85. The van der Waals surface area contributed by atoms with E-state index in [-0.39, 0.29) is 0 Å². The van der Waals surface area contributed by atoms with Crippen LogP contribution in [0.1, 0.15) is 5.56 Å². The van der Waals surface area contributed by atoms with E-state index in [1.54, 1.807) is 0 Å². The van der Waals surface area contributed by atoms with Crippen molar-refractivity contribution >= 4 is 28.6 Å². The number of hydrogen-bond acceptors (Lipinski definition) is 1. The van der Waals surface area contributed by atoms with E-state index in [9.17, 15) is 0 Å². The second-order valence-electron chi connectivity index (χ2n) is 6.37. The van der Waals surface area contributed by atoms with Gasteiger partial charge in [-0.25, -0.2) is 4.98 Å². The zero-order valence-corrected chi connectivity index (χ0v) is 15.7. The van der Waals surface area contributed by atoms with Gasteiger partial charge in [-0.3, -0.25) is 0 Å². The van der Waals surface area contributed by atoms with Crippen molar-refractivity contribution in [3.05, 3.63) is 115 Å². The van der Waals surface area contributed by atoms with Gasteiger partial charge in [0.05, 0.1) is 0 Å². The number of pyridine rings is 1. The van der Waals surface area contributed by atoms with E-state index in [0.29, 0.717) is 0 Å². The van der Waals surface area contributed by atoms with Crippen LogP contribution in [-0.2, 0) is 0 Å². The number of aryl methyl sites for hydroxylation is 1. The Hall–Kier alpha value is -2.76. The van der Waals surface area contributed by atoms with Crippen molar-refractivity contribution in [3.63, 3.8) is 0 Å². The number of hydrogen-bond donors (Lipinski definition) is 0. The molecule has 0 radical (unpaired) electrons. The van der Waals surface area contributed by atoms with Crippen LogP contribution in [0.2, 0.25) is 0 Å². The van der Waals surface area contributed by atoms with E-state index >= 15 is 0 Å². The van der Waals surface area contributed by atoms with Crippen LogP contribution in [0.15, 0.2) is 109 Å². The lowest BCUT2D eigenvalue weighted by molar-refractivity contribution is 1.33. The first kappa shape index (κ1) is 16.7. The molecule has 1 aromatic heterocycles. The van der Waals surface area contributed by atoms with E-state index in [2.05, 4.69) is 110 Å². The second-order valence-corrected chi connectivity index (χ2v) is 9.72. The average Bonchev–Trinajstić information content (AvgIpc) is 2.71. The highest BCUT2D eigenvalue weighted by molar-refractivity contribution is 8.01. The van der Waals surface area contributed by atoms with Crippen LogP contribution in [0, 0.1) is 6.92 Å². The highest BCUT2D eigenvalue weighted by atomic mass is 31.2. The maximum atomic E-state index is 4.89. The van der Waals surface area contributed by atoms with Gasteiger partial charge >= 0.3 is 0 Å². The Morgan fingerprint density at radius 3 is 1.38 bits per heavy atom. The van der Waals surface area contributed by atoms with E-state index in [1.165, 1.54) is 21.5 Å². The molecule has 4 aromatic rings. The van der Waals surface area contributed by atoms with Crippen molar-refractivity contribution < 1.29 is 0 Å². The molecule has 0 aliphatic heterocycles. The maximum Gasteiger partial charge on any atom is 0.198 e. The van der Waals surface area contributed by atoms with E-state index in [4.69, 9.17) is 4.98 Å². The number of aromatic nitrogens is 1. The first-order valence-electron chi connectivity index (χ1n) is 8.81. The van der Waals surface area contributed by atoms with Gasteiger partial charge in [0.15, 0.2) is 12.7 Å². The molecule has 0 saturated heterocycles. The smallest absolute Gasteiger partial charge is 0.198 e. The van der Waals surface area contributed by atoms with E-state index in [0.717, 1.165) is 5.44 Å². The topological polar surface area (TPSA) is 12.9 Å². The quantitative estimate of drug-likeness (QED) is 0.505. The fourth-order valence-electron chi connectivity index (χ4n) is 3.50. The molecule has 126 valence electrons. The van der Waals surface area contributed by atoms with Crippen molar-refractivity contribution in [2.24, 2.45) is 0 Å². The molecule has 0 aliphatic rings. The lowest BCUT2D eigenvalue weighted by Crippen LogP contribution is -2.39. The third-order valence-electron chi connectivity index (χ3n) is 4.68. The van der Waals surface area contributed by atoms with E-state index < -0.39 is 7.26 Å². The summed E-state index contributed by atoms with van der Waals surface area (Å²) in [6.45, 7) is 2.14. The molecule has 3 aromatic carbocycles. The Labute approximate surface area is 155 Å². The van der Waals surface area contributed by atoms with Crippen molar-refractivity contribution in [2.75, 3.05) is 0 Å². The normalized spacial score (nSPS) is 11.3. The lowest BCUT2D eigenvalue weighted by atomic mass is 10.3. The maximum absolute atomic E-state index is 4.89. The summed E-state index contributed by atoms with van der Waals surface area (Å²) in [6, 6.07) is 36.8. The number of rotatable bonds is 4. The van der Waals surface area contributed by atoms with E-state index in [1.807, 2.05) is 6.20 Å². The van der Waals surface area contributed by atoms with Gasteiger partial charge in [-0.15, -0.1) is 0 Å². The van der Waals surface area contributed by atoms with Crippen molar-refractivity contribution in [1.82, 2.24) is 4.98 Å². The predicted molar refractivity (Wildman–Crippen MR) is 114 cm³/mol. The summed E-state index contributed by atoms with van der Waals surface area (Å²) in [7, 11) is -2.04. The molecule has 0 saturated carbocycles. The van der Waals surface area contributed by atoms with Gasteiger partial charge in [0, 0.05) is 12.3 Å². The van der Waals surface area contributed by atoms with Crippen LogP contribution in [0.25, 0.3) is 0 Å². The first-order valence-corrected chi connectivity index (χ1v) is 10.6. The van der Waals surface area contributed by atoms with Gasteiger partial charge in [0.1, 0.15) is 15.9 Å². The van der Waals surface area contributed by atoms with Gasteiger partial charge in [-0.2, -0.15) is 0 Å². The monoisotopic (exact) mass is 354 g/mol. The first-order chi connectivity index (χ1) is 12.8. The summed E-state index contributed by atoms with van der Waals surface area (Å²) in [5.41, 5.74) is 2.39. The SMILES string of the molecule is Cc1ccnc([P+](c2ccccc2)(c2ccccc2)c2ccccc2)c1. The largest absolute Gasteiger partial charge is 0.221 e. The molecule has 0 bridgehead atoms. The summed E-state index contributed by atoms with van der Waals surface area (Å²) in [6.07, 6.45) is 1.94. The summed E-state index contributed by atoms with van der Waals surface area (Å²) >= 11 is 0. The molecule has 1 heterocycles. The molecule has 1 nitrogen and oxygen atoms in total. The molecule has 4 rings (SSSR count). The van der Waals surface area contributed by atoms with Crippen LogP contribution in [0.3, 0.4) is 0 Å². The standard InChI is InChI=1S/C24H21NP/c1-20-17-18-25-24(19-20)26(21-11-5-2-6-12-21,22-13-7-3-8-14-22)23-15-9-4-10-16-23/h2-19H,1H3/q+1. The van der Waals surface area contributed by atoms with Crippen molar-refractivity contribution in [3.8, 4) is 0 Å². The second kappa shape index (κ2) is 7.23. The van der Waals surface area contributed by atoms with Gasteiger partial charge < -0.3 is 0 Å². The molecule has 0 amide bonds. The van der Waals surface area contributed by atoms with Crippen LogP contribution in [0.4, 0.5) is 0 Å².